The maximum absolute atomic E-state index is 15.7. The molecule has 1 fully saturated rings. The summed E-state index contributed by atoms with van der Waals surface area (Å²) < 4.78 is 86.8. The maximum Gasteiger partial charge on any atom is 0.401 e. The third kappa shape index (κ3) is 4.39. The Kier molecular flexibility index (Phi) is 6.55. The second-order valence-electron chi connectivity index (χ2n) is 9.82. The number of aromatic nitrogens is 1. The number of halogens is 6. The van der Waals surface area contributed by atoms with Gasteiger partial charge in [-0.3, -0.25) is 14.2 Å². The van der Waals surface area contributed by atoms with Gasteiger partial charge < -0.3 is 10.3 Å². The molecule has 0 saturated carbocycles. The van der Waals surface area contributed by atoms with Crippen molar-refractivity contribution in [3.63, 3.8) is 0 Å². The number of nitrogens with zero attached hydrogens (tertiary/aromatic N) is 3. The zero-order valence-electron chi connectivity index (χ0n) is 19.8. The second kappa shape index (κ2) is 9.39. The Hall–Kier alpha value is -2.56. The minimum absolute atomic E-state index is 0.261. The summed E-state index contributed by atoms with van der Waals surface area (Å²) in [7, 11) is 0. The summed E-state index contributed by atoms with van der Waals surface area (Å²) in [5.41, 5.74) is 7.20. The zero-order valence-corrected chi connectivity index (χ0v) is 19.8. The molecule has 2 aliphatic rings. The zero-order chi connectivity index (χ0) is 25.8. The van der Waals surface area contributed by atoms with Crippen LogP contribution in [0.25, 0.3) is 10.9 Å². The Bertz CT molecular complexity index is 1230. The molecule has 1 aromatic heterocycles. The molecule has 2 unspecified atom stereocenters. The normalized spacial score (nSPS) is 25.2. The van der Waals surface area contributed by atoms with Crippen LogP contribution >= 0.6 is 0 Å². The predicted octanol–water partition coefficient (Wildman–Crippen LogP) is 5.32. The number of likely N-dealkylation sites (tertiary alicyclic amines) is 1. The third-order valence-corrected chi connectivity index (χ3v) is 7.37. The number of para-hydroxylation sites is 1. The van der Waals surface area contributed by atoms with Crippen molar-refractivity contribution in [2.24, 2.45) is 5.73 Å². The van der Waals surface area contributed by atoms with Crippen molar-refractivity contribution in [1.82, 2.24) is 14.4 Å². The molecule has 3 heterocycles. The van der Waals surface area contributed by atoms with E-state index in [1.54, 1.807) is 13.0 Å². The van der Waals surface area contributed by atoms with Crippen molar-refractivity contribution in [2.45, 2.75) is 50.2 Å². The molecule has 4 nitrogen and oxygen atoms in total. The lowest BCUT2D eigenvalue weighted by atomic mass is 9.87. The highest BCUT2D eigenvalue weighted by atomic mass is 19.4. The van der Waals surface area contributed by atoms with Crippen LogP contribution in [0, 0.1) is 11.6 Å². The Balaban J connectivity index is 1.61. The minimum atomic E-state index is -4.55. The summed E-state index contributed by atoms with van der Waals surface area (Å²) in [5, 5.41) is 0.792. The molecule has 2 aliphatic heterocycles. The smallest absolute Gasteiger partial charge is 0.341 e. The van der Waals surface area contributed by atoms with E-state index >= 15 is 8.78 Å². The molecule has 0 bridgehead atoms. The van der Waals surface area contributed by atoms with E-state index in [-0.39, 0.29) is 19.0 Å². The largest absolute Gasteiger partial charge is 0.401 e. The highest BCUT2D eigenvalue weighted by molar-refractivity contribution is 5.82. The van der Waals surface area contributed by atoms with Crippen molar-refractivity contribution in [2.75, 3.05) is 26.3 Å². The van der Waals surface area contributed by atoms with Crippen molar-refractivity contribution in [3.8, 4) is 0 Å². The maximum atomic E-state index is 15.7. The van der Waals surface area contributed by atoms with Crippen LogP contribution in [-0.4, -0.2) is 58.9 Å². The van der Waals surface area contributed by atoms with E-state index in [1.807, 2.05) is 33.7 Å². The number of benzene rings is 2. The van der Waals surface area contributed by atoms with Crippen LogP contribution in [0.3, 0.4) is 0 Å². The van der Waals surface area contributed by atoms with Gasteiger partial charge in [-0.05, 0) is 48.6 Å². The molecule has 0 aliphatic carbocycles. The summed E-state index contributed by atoms with van der Waals surface area (Å²) in [6.45, 7) is 0.969. The number of nitrogens with two attached hydrogens (primary N) is 1. The van der Waals surface area contributed by atoms with Gasteiger partial charge in [0.15, 0.2) is 0 Å². The molecule has 36 heavy (non-hydrogen) atoms. The molecule has 1 saturated heterocycles. The number of fused-ring (bicyclic) bond motifs is 3. The Morgan fingerprint density at radius 3 is 2.36 bits per heavy atom. The molecule has 4 atom stereocenters. The molecule has 10 heteroatoms. The van der Waals surface area contributed by atoms with Crippen LogP contribution in [-0.2, 0) is 6.54 Å². The number of hydrogen-bond donors (Lipinski definition) is 1. The quantitative estimate of drug-likeness (QED) is 0.457. The van der Waals surface area contributed by atoms with Crippen molar-refractivity contribution < 1.29 is 26.3 Å². The van der Waals surface area contributed by atoms with Gasteiger partial charge in [-0.15, -0.1) is 0 Å². The molecule has 2 aromatic carbocycles. The van der Waals surface area contributed by atoms with Crippen molar-refractivity contribution in [3.05, 3.63) is 70.9 Å². The fourth-order valence-electron chi connectivity index (χ4n) is 5.83. The van der Waals surface area contributed by atoms with Crippen LogP contribution in [0.5, 0.6) is 0 Å². The van der Waals surface area contributed by atoms with Crippen LogP contribution in [0.1, 0.15) is 42.2 Å². The summed E-state index contributed by atoms with van der Waals surface area (Å²) >= 11 is 0. The number of hydrogen-bond acceptors (Lipinski definition) is 3. The van der Waals surface area contributed by atoms with Gasteiger partial charge in [0.25, 0.3) is 0 Å². The molecular weight excluding hydrogens is 482 g/mol. The van der Waals surface area contributed by atoms with Gasteiger partial charge in [0.2, 0.25) is 0 Å². The van der Waals surface area contributed by atoms with E-state index in [2.05, 4.69) is 0 Å². The van der Waals surface area contributed by atoms with E-state index in [0.29, 0.717) is 24.3 Å². The second-order valence-corrected chi connectivity index (χ2v) is 9.82. The number of alkyl halides is 4. The van der Waals surface area contributed by atoms with Gasteiger partial charge >= 0.3 is 6.18 Å². The summed E-state index contributed by atoms with van der Waals surface area (Å²) in [6.07, 6.45) is -4.27. The first-order valence-corrected chi connectivity index (χ1v) is 12.0. The Morgan fingerprint density at radius 1 is 1.03 bits per heavy atom. The van der Waals surface area contributed by atoms with Crippen molar-refractivity contribution in [1.29, 1.82) is 0 Å². The molecule has 0 spiro atoms. The standard InChI is InChI=1S/C26H28F6N4/c1-15-12-35-21-6-3-2-5-16(21)11-22(35)25(36(15)14-26(30,31)32)23-18(28)9-17(10-19(23)29)24-20(33)13-34(24)8-4-7-27/h2-3,5-6,9-11,15,20,24-25H,4,7-8,12-14,33H2,1H3/t15-,20?,24?,25-/m1/s1. The minimum Gasteiger partial charge on any atom is -0.341 e. The van der Waals surface area contributed by atoms with Gasteiger partial charge in [-0.2, -0.15) is 13.2 Å². The number of rotatable bonds is 6. The fourth-order valence-corrected chi connectivity index (χ4v) is 5.83. The lowest BCUT2D eigenvalue weighted by Gasteiger charge is -2.47. The first-order chi connectivity index (χ1) is 17.1. The summed E-state index contributed by atoms with van der Waals surface area (Å²) in [4.78, 5) is 2.98. The molecule has 2 N–H and O–H groups in total. The fraction of sp³-hybridized carbons (Fsp3) is 0.462. The van der Waals surface area contributed by atoms with Crippen LogP contribution in [0.4, 0.5) is 26.3 Å². The average molecular weight is 511 g/mol. The first-order valence-electron chi connectivity index (χ1n) is 12.0. The summed E-state index contributed by atoms with van der Waals surface area (Å²) in [5.74, 6) is -1.84. The molecule has 5 rings (SSSR count). The van der Waals surface area contributed by atoms with Gasteiger partial charge in [0, 0.05) is 48.5 Å². The van der Waals surface area contributed by atoms with Gasteiger partial charge in [0.1, 0.15) is 11.6 Å². The average Bonchev–Trinajstić information content (AvgIpc) is 3.15. The first kappa shape index (κ1) is 25.1. The highest BCUT2D eigenvalue weighted by Crippen LogP contribution is 2.43. The monoisotopic (exact) mass is 510 g/mol. The lowest BCUT2D eigenvalue weighted by molar-refractivity contribution is -0.157. The van der Waals surface area contributed by atoms with E-state index in [9.17, 15) is 17.6 Å². The lowest BCUT2D eigenvalue weighted by Crippen LogP contribution is -2.58. The molecule has 0 radical (unpaired) electrons. The molecule has 194 valence electrons. The molecule has 0 amide bonds. The van der Waals surface area contributed by atoms with E-state index in [0.717, 1.165) is 15.8 Å². The predicted molar refractivity (Wildman–Crippen MR) is 125 cm³/mol. The van der Waals surface area contributed by atoms with E-state index < -0.39 is 54.7 Å². The van der Waals surface area contributed by atoms with Crippen LogP contribution in [0.15, 0.2) is 42.5 Å². The van der Waals surface area contributed by atoms with E-state index in [1.165, 1.54) is 12.1 Å². The van der Waals surface area contributed by atoms with Crippen LogP contribution < -0.4 is 5.73 Å². The topological polar surface area (TPSA) is 37.4 Å². The highest BCUT2D eigenvalue weighted by Gasteiger charge is 2.44. The molecule has 3 aromatic rings. The van der Waals surface area contributed by atoms with Gasteiger partial charge in [0.05, 0.1) is 25.3 Å². The SMILES string of the molecule is C[C@@H]1Cn2c(cc3ccccc32)[C@H](c2c(F)cc(C3C(N)CN3CCCF)cc2F)N1CC(F)(F)F. The molecular formula is C26H28F6N4. The Morgan fingerprint density at radius 2 is 1.72 bits per heavy atom. The third-order valence-electron chi connectivity index (χ3n) is 7.37. The van der Waals surface area contributed by atoms with Crippen molar-refractivity contribution >= 4 is 10.9 Å². The van der Waals surface area contributed by atoms with E-state index in [4.69, 9.17) is 5.73 Å². The Labute approximate surface area is 205 Å². The van der Waals surface area contributed by atoms with Gasteiger partial charge in [-0.25, -0.2) is 8.78 Å². The summed E-state index contributed by atoms with van der Waals surface area (Å²) in [6, 6.07) is 8.62. The van der Waals surface area contributed by atoms with Crippen LogP contribution in [0.2, 0.25) is 0 Å². The van der Waals surface area contributed by atoms with Gasteiger partial charge in [-0.1, -0.05) is 18.2 Å².